The third-order valence-corrected chi connectivity index (χ3v) is 8.14. The zero-order valence-electron chi connectivity index (χ0n) is 24.1. The maximum absolute atomic E-state index is 13.8. The first kappa shape index (κ1) is 27.8. The van der Waals surface area contributed by atoms with Gasteiger partial charge in [-0.25, -0.2) is 0 Å². The van der Waals surface area contributed by atoms with Gasteiger partial charge in [0, 0.05) is 67.7 Å². The molecule has 2 aromatic carbocycles. The van der Waals surface area contributed by atoms with Crippen molar-refractivity contribution in [3.8, 4) is 17.2 Å². The van der Waals surface area contributed by atoms with Gasteiger partial charge in [0.05, 0.1) is 32.6 Å². The number of amides is 1. The standard InChI is InChI=1S/C32H40N4O4/c1-23-8-11-29(32(37)36-18-16-35(17-19-36)26-6-5-7-27(20-26)38-2)31(33-23)24-12-14-34(15-13-24)22-25-9-10-28(39-3)21-30(25)40-4/h5-11,20-21,24H,12-19,22H2,1-4H3. The van der Waals surface area contributed by atoms with Crippen LogP contribution in [0.2, 0.25) is 0 Å². The van der Waals surface area contributed by atoms with Crippen LogP contribution in [0.3, 0.4) is 0 Å². The Morgan fingerprint density at radius 3 is 2.27 bits per heavy atom. The van der Waals surface area contributed by atoms with E-state index in [1.165, 1.54) is 0 Å². The van der Waals surface area contributed by atoms with Gasteiger partial charge in [-0.2, -0.15) is 0 Å². The maximum atomic E-state index is 13.8. The SMILES string of the molecule is COc1cccc(N2CCN(C(=O)c3ccc(C)nc3C3CCN(Cc4ccc(OC)cc4OC)CC3)CC2)c1. The monoisotopic (exact) mass is 544 g/mol. The van der Waals surface area contributed by atoms with Crippen molar-refractivity contribution in [1.29, 1.82) is 0 Å². The lowest BCUT2D eigenvalue weighted by atomic mass is 9.89. The van der Waals surface area contributed by atoms with Gasteiger partial charge in [-0.1, -0.05) is 12.1 Å². The lowest BCUT2D eigenvalue weighted by Gasteiger charge is -2.37. The number of hydrogen-bond acceptors (Lipinski definition) is 7. The number of nitrogens with zero attached hydrogens (tertiary/aromatic N) is 4. The molecule has 212 valence electrons. The Kier molecular flexibility index (Phi) is 8.75. The molecule has 0 N–H and O–H groups in total. The number of carbonyl (C=O) groups excluding carboxylic acids is 1. The van der Waals surface area contributed by atoms with Gasteiger partial charge in [-0.05, 0) is 63.2 Å². The first-order valence-electron chi connectivity index (χ1n) is 14.1. The number of carbonyl (C=O) groups is 1. The molecule has 0 bridgehead atoms. The molecule has 2 saturated heterocycles. The average Bonchev–Trinajstić information content (AvgIpc) is 3.01. The molecule has 2 aliphatic rings. The van der Waals surface area contributed by atoms with Gasteiger partial charge < -0.3 is 24.0 Å². The van der Waals surface area contributed by atoms with Crippen LogP contribution in [0.15, 0.2) is 54.6 Å². The second-order valence-corrected chi connectivity index (χ2v) is 10.6. The number of rotatable bonds is 8. The van der Waals surface area contributed by atoms with Gasteiger partial charge in [0.1, 0.15) is 17.2 Å². The van der Waals surface area contributed by atoms with E-state index in [1.807, 2.05) is 48.2 Å². The van der Waals surface area contributed by atoms with Crippen LogP contribution in [-0.2, 0) is 6.54 Å². The number of piperazine rings is 1. The average molecular weight is 545 g/mol. The number of ether oxygens (including phenoxy) is 3. The van der Waals surface area contributed by atoms with Crippen LogP contribution in [-0.4, -0.2) is 81.3 Å². The fourth-order valence-electron chi connectivity index (χ4n) is 5.80. The molecule has 0 radical (unpaired) electrons. The summed E-state index contributed by atoms with van der Waals surface area (Å²) in [5.41, 5.74) is 4.96. The Bertz CT molecular complexity index is 1310. The van der Waals surface area contributed by atoms with Crippen molar-refractivity contribution in [2.45, 2.75) is 32.2 Å². The van der Waals surface area contributed by atoms with Gasteiger partial charge in [0.15, 0.2) is 0 Å². The van der Waals surface area contributed by atoms with Crippen molar-refractivity contribution < 1.29 is 19.0 Å². The van der Waals surface area contributed by atoms with Crippen LogP contribution in [0.4, 0.5) is 5.69 Å². The largest absolute Gasteiger partial charge is 0.497 e. The summed E-state index contributed by atoms with van der Waals surface area (Å²) in [5.74, 6) is 2.86. The summed E-state index contributed by atoms with van der Waals surface area (Å²) >= 11 is 0. The molecule has 0 spiro atoms. The van der Waals surface area contributed by atoms with Gasteiger partial charge in [0.2, 0.25) is 0 Å². The Balaban J connectivity index is 1.23. The molecule has 3 aromatic rings. The molecule has 3 heterocycles. The van der Waals surface area contributed by atoms with E-state index in [0.29, 0.717) is 13.1 Å². The maximum Gasteiger partial charge on any atom is 0.255 e. The highest BCUT2D eigenvalue weighted by atomic mass is 16.5. The summed E-state index contributed by atoms with van der Waals surface area (Å²) in [7, 11) is 5.05. The number of aromatic nitrogens is 1. The van der Waals surface area contributed by atoms with E-state index in [4.69, 9.17) is 19.2 Å². The number of methoxy groups -OCH3 is 3. The van der Waals surface area contributed by atoms with E-state index in [1.54, 1.807) is 21.3 Å². The Hall–Kier alpha value is -3.78. The summed E-state index contributed by atoms with van der Waals surface area (Å²) in [6.07, 6.45) is 1.94. The van der Waals surface area contributed by atoms with E-state index < -0.39 is 0 Å². The van der Waals surface area contributed by atoms with Crippen LogP contribution in [0.1, 0.15) is 46.1 Å². The van der Waals surface area contributed by atoms with Crippen LogP contribution in [0.5, 0.6) is 17.2 Å². The lowest BCUT2D eigenvalue weighted by Crippen LogP contribution is -2.49. The van der Waals surface area contributed by atoms with Crippen molar-refractivity contribution in [1.82, 2.24) is 14.8 Å². The fraction of sp³-hybridized carbons (Fsp3) is 0.438. The summed E-state index contributed by atoms with van der Waals surface area (Å²) in [5, 5.41) is 0. The predicted octanol–water partition coefficient (Wildman–Crippen LogP) is 4.76. The molecular formula is C32H40N4O4. The number of pyridine rings is 1. The molecule has 2 aliphatic heterocycles. The molecule has 5 rings (SSSR count). The minimum Gasteiger partial charge on any atom is -0.497 e. The van der Waals surface area contributed by atoms with E-state index in [9.17, 15) is 4.79 Å². The highest BCUT2D eigenvalue weighted by Gasteiger charge is 2.30. The van der Waals surface area contributed by atoms with Crippen LogP contribution >= 0.6 is 0 Å². The van der Waals surface area contributed by atoms with Gasteiger partial charge in [-0.15, -0.1) is 0 Å². The summed E-state index contributed by atoms with van der Waals surface area (Å²) in [6, 6.07) is 18.1. The van der Waals surface area contributed by atoms with E-state index in [-0.39, 0.29) is 11.8 Å². The minimum atomic E-state index is 0.0955. The molecule has 0 atom stereocenters. The quantitative estimate of drug-likeness (QED) is 0.405. The second kappa shape index (κ2) is 12.6. The van der Waals surface area contributed by atoms with E-state index in [2.05, 4.69) is 28.0 Å². The first-order valence-corrected chi connectivity index (χ1v) is 14.1. The molecule has 8 nitrogen and oxygen atoms in total. The number of piperidine rings is 1. The van der Waals surface area contributed by atoms with Crippen molar-refractivity contribution in [3.63, 3.8) is 0 Å². The van der Waals surface area contributed by atoms with E-state index >= 15 is 0 Å². The number of benzene rings is 2. The number of aryl methyl sites for hydroxylation is 1. The van der Waals surface area contributed by atoms with Gasteiger partial charge in [-0.3, -0.25) is 14.7 Å². The Labute approximate surface area is 237 Å². The molecule has 2 fully saturated rings. The lowest BCUT2D eigenvalue weighted by molar-refractivity contribution is 0.0743. The van der Waals surface area contributed by atoms with Crippen molar-refractivity contribution in [2.24, 2.45) is 0 Å². The molecule has 0 aliphatic carbocycles. The Morgan fingerprint density at radius 2 is 1.57 bits per heavy atom. The zero-order chi connectivity index (χ0) is 28.1. The molecule has 1 amide bonds. The normalized spacial score (nSPS) is 16.6. The third-order valence-electron chi connectivity index (χ3n) is 8.14. The zero-order valence-corrected chi connectivity index (χ0v) is 24.1. The summed E-state index contributed by atoms with van der Waals surface area (Å²) < 4.78 is 16.3. The fourth-order valence-corrected chi connectivity index (χ4v) is 5.80. The number of anilines is 1. The van der Waals surface area contributed by atoms with E-state index in [0.717, 1.165) is 91.0 Å². The van der Waals surface area contributed by atoms with Crippen LogP contribution in [0, 0.1) is 6.92 Å². The summed E-state index contributed by atoms with van der Waals surface area (Å²) in [4.78, 5) is 25.4. The second-order valence-electron chi connectivity index (χ2n) is 10.6. The molecule has 1 aromatic heterocycles. The first-order chi connectivity index (χ1) is 19.5. The highest BCUT2D eigenvalue weighted by Crippen LogP contribution is 2.33. The summed E-state index contributed by atoms with van der Waals surface area (Å²) in [6.45, 7) is 7.68. The topological polar surface area (TPSA) is 67.4 Å². The predicted molar refractivity (Wildman–Crippen MR) is 157 cm³/mol. The molecule has 8 heteroatoms. The van der Waals surface area contributed by atoms with Crippen molar-refractivity contribution >= 4 is 11.6 Å². The number of hydrogen-bond donors (Lipinski definition) is 0. The van der Waals surface area contributed by atoms with Crippen molar-refractivity contribution in [3.05, 3.63) is 77.1 Å². The molecule has 0 saturated carbocycles. The smallest absolute Gasteiger partial charge is 0.255 e. The van der Waals surface area contributed by atoms with Gasteiger partial charge in [0.25, 0.3) is 5.91 Å². The third kappa shape index (κ3) is 6.17. The van der Waals surface area contributed by atoms with Crippen LogP contribution < -0.4 is 19.1 Å². The minimum absolute atomic E-state index is 0.0955. The molecule has 0 unspecified atom stereocenters. The van der Waals surface area contributed by atoms with Gasteiger partial charge >= 0.3 is 0 Å². The highest BCUT2D eigenvalue weighted by molar-refractivity contribution is 5.95. The molecular weight excluding hydrogens is 504 g/mol. The molecule has 40 heavy (non-hydrogen) atoms. The Morgan fingerprint density at radius 1 is 0.850 bits per heavy atom. The van der Waals surface area contributed by atoms with Crippen LogP contribution in [0.25, 0.3) is 0 Å². The number of likely N-dealkylation sites (tertiary alicyclic amines) is 1. The van der Waals surface area contributed by atoms with Crippen molar-refractivity contribution in [2.75, 3.05) is 65.5 Å².